The highest BCUT2D eigenvalue weighted by Crippen LogP contribution is 2.28. The number of aromatic nitrogens is 2. The maximum Gasteiger partial charge on any atom is 0.213 e. The summed E-state index contributed by atoms with van der Waals surface area (Å²) in [5.74, 6) is 1.30. The number of methoxy groups -OCH3 is 1. The van der Waals surface area contributed by atoms with E-state index >= 15 is 0 Å². The van der Waals surface area contributed by atoms with Crippen molar-refractivity contribution in [3.8, 4) is 11.6 Å². The zero-order valence-electron chi connectivity index (χ0n) is 11.6. The Bertz CT molecular complexity index is 774. The number of nitrogens with two attached hydrogens (primary N) is 1. The lowest BCUT2D eigenvalue weighted by molar-refractivity contribution is 0.301. The number of hydrogen-bond donors (Lipinski definition) is 1. The molecular weight excluding hydrogens is 266 g/mol. The highest BCUT2D eigenvalue weighted by molar-refractivity contribution is 5.93. The van der Waals surface area contributed by atoms with Gasteiger partial charge in [-0.25, -0.2) is 4.98 Å². The molecule has 1 aromatic carbocycles. The van der Waals surface area contributed by atoms with E-state index in [1.165, 1.54) is 0 Å². The maximum absolute atomic E-state index is 5.92. The summed E-state index contributed by atoms with van der Waals surface area (Å²) in [5.41, 5.74) is 8.10. The number of hydrogen-bond acceptors (Lipinski definition) is 5. The number of anilines is 1. The van der Waals surface area contributed by atoms with Crippen LogP contribution < -0.4 is 15.2 Å². The summed E-state index contributed by atoms with van der Waals surface area (Å²) in [6, 6.07) is 13.0. The van der Waals surface area contributed by atoms with Gasteiger partial charge in [-0.2, -0.15) is 0 Å². The lowest BCUT2D eigenvalue weighted by Gasteiger charge is -2.10. The van der Waals surface area contributed by atoms with E-state index in [0.717, 1.165) is 22.3 Å². The summed E-state index contributed by atoms with van der Waals surface area (Å²) in [6.45, 7) is 0.352. The van der Waals surface area contributed by atoms with Crippen molar-refractivity contribution in [1.29, 1.82) is 0 Å². The van der Waals surface area contributed by atoms with Crippen LogP contribution in [-0.4, -0.2) is 17.1 Å². The predicted octanol–water partition coefficient (Wildman–Crippen LogP) is 2.80. The minimum absolute atomic E-state index is 0.352. The molecule has 0 spiro atoms. The molecule has 0 aliphatic rings. The molecule has 106 valence electrons. The van der Waals surface area contributed by atoms with Gasteiger partial charge in [-0.3, -0.25) is 4.98 Å². The van der Waals surface area contributed by atoms with E-state index in [1.807, 2.05) is 30.3 Å². The van der Waals surface area contributed by atoms with Crippen molar-refractivity contribution in [3.63, 3.8) is 0 Å². The normalized spacial score (nSPS) is 10.5. The van der Waals surface area contributed by atoms with Crippen LogP contribution in [0.4, 0.5) is 5.69 Å². The SMILES string of the molecule is COc1cccc(COc2ccc(N)c3ncccc23)n1. The zero-order chi connectivity index (χ0) is 14.7. The van der Waals surface area contributed by atoms with Crippen LogP contribution in [0.5, 0.6) is 11.6 Å². The Hall–Kier alpha value is -2.82. The number of ether oxygens (including phenoxy) is 2. The molecule has 0 aliphatic carbocycles. The molecule has 21 heavy (non-hydrogen) atoms. The second-order valence-electron chi connectivity index (χ2n) is 4.51. The fraction of sp³-hybridized carbons (Fsp3) is 0.125. The number of fused-ring (bicyclic) bond motifs is 1. The average Bonchev–Trinajstić information content (AvgIpc) is 2.55. The van der Waals surface area contributed by atoms with E-state index < -0.39 is 0 Å². The van der Waals surface area contributed by atoms with E-state index in [4.69, 9.17) is 15.2 Å². The van der Waals surface area contributed by atoms with Gasteiger partial charge in [-0.15, -0.1) is 0 Å². The quantitative estimate of drug-likeness (QED) is 0.745. The summed E-state index contributed by atoms with van der Waals surface area (Å²) >= 11 is 0. The number of rotatable bonds is 4. The van der Waals surface area contributed by atoms with Gasteiger partial charge in [0.15, 0.2) is 0 Å². The van der Waals surface area contributed by atoms with Crippen LogP contribution in [0, 0.1) is 0 Å². The fourth-order valence-corrected chi connectivity index (χ4v) is 2.10. The topological polar surface area (TPSA) is 70.3 Å². The third-order valence-electron chi connectivity index (χ3n) is 3.13. The molecule has 3 aromatic rings. The van der Waals surface area contributed by atoms with Gasteiger partial charge >= 0.3 is 0 Å². The molecule has 2 N–H and O–H groups in total. The van der Waals surface area contributed by atoms with Gasteiger partial charge in [0.25, 0.3) is 0 Å². The first kappa shape index (κ1) is 13.2. The molecular formula is C16H15N3O2. The van der Waals surface area contributed by atoms with Gasteiger partial charge in [0.1, 0.15) is 12.4 Å². The third kappa shape index (κ3) is 2.72. The van der Waals surface area contributed by atoms with Gasteiger partial charge in [-0.1, -0.05) is 6.07 Å². The molecule has 5 heteroatoms. The van der Waals surface area contributed by atoms with Gasteiger partial charge in [0.2, 0.25) is 5.88 Å². The summed E-state index contributed by atoms with van der Waals surface area (Å²) in [6.07, 6.45) is 1.71. The van der Waals surface area contributed by atoms with Crippen LogP contribution in [0.2, 0.25) is 0 Å². The summed E-state index contributed by atoms with van der Waals surface area (Å²) in [5, 5.41) is 0.889. The number of pyridine rings is 2. The summed E-state index contributed by atoms with van der Waals surface area (Å²) in [7, 11) is 1.59. The lowest BCUT2D eigenvalue weighted by Crippen LogP contribution is -2.00. The van der Waals surface area contributed by atoms with Crippen molar-refractivity contribution in [2.75, 3.05) is 12.8 Å². The van der Waals surface area contributed by atoms with E-state index in [2.05, 4.69) is 9.97 Å². The number of benzene rings is 1. The Balaban J connectivity index is 1.87. The van der Waals surface area contributed by atoms with Crippen LogP contribution in [0.25, 0.3) is 10.9 Å². The highest BCUT2D eigenvalue weighted by Gasteiger charge is 2.06. The monoisotopic (exact) mass is 281 g/mol. The van der Waals surface area contributed by atoms with Crippen molar-refractivity contribution in [2.24, 2.45) is 0 Å². The first-order valence-corrected chi connectivity index (χ1v) is 6.54. The molecule has 0 saturated heterocycles. The molecule has 5 nitrogen and oxygen atoms in total. The van der Waals surface area contributed by atoms with E-state index in [-0.39, 0.29) is 0 Å². The summed E-state index contributed by atoms with van der Waals surface area (Å²) in [4.78, 5) is 8.60. The second-order valence-corrected chi connectivity index (χ2v) is 4.51. The van der Waals surface area contributed by atoms with Gasteiger partial charge < -0.3 is 15.2 Å². The van der Waals surface area contributed by atoms with Crippen LogP contribution in [-0.2, 0) is 6.61 Å². The minimum atomic E-state index is 0.352. The first-order valence-electron chi connectivity index (χ1n) is 6.54. The van der Waals surface area contributed by atoms with E-state index in [1.54, 1.807) is 25.4 Å². The second kappa shape index (κ2) is 5.66. The van der Waals surface area contributed by atoms with Crippen LogP contribution in [0.1, 0.15) is 5.69 Å². The molecule has 0 aliphatic heterocycles. The van der Waals surface area contributed by atoms with Gasteiger partial charge in [-0.05, 0) is 30.3 Å². The molecule has 0 radical (unpaired) electrons. The molecule has 0 saturated carbocycles. The lowest BCUT2D eigenvalue weighted by atomic mass is 10.2. The Morgan fingerprint density at radius 2 is 2.00 bits per heavy atom. The summed E-state index contributed by atoms with van der Waals surface area (Å²) < 4.78 is 10.9. The third-order valence-corrected chi connectivity index (χ3v) is 3.13. The molecule has 0 bridgehead atoms. The van der Waals surface area contributed by atoms with Gasteiger partial charge in [0.05, 0.1) is 24.0 Å². The largest absolute Gasteiger partial charge is 0.487 e. The number of nitrogens with zero attached hydrogens (tertiary/aromatic N) is 2. The zero-order valence-corrected chi connectivity index (χ0v) is 11.6. The predicted molar refractivity (Wildman–Crippen MR) is 81.3 cm³/mol. The van der Waals surface area contributed by atoms with Crippen molar-refractivity contribution < 1.29 is 9.47 Å². The Labute approximate surface area is 122 Å². The fourth-order valence-electron chi connectivity index (χ4n) is 2.10. The van der Waals surface area contributed by atoms with Crippen molar-refractivity contribution in [2.45, 2.75) is 6.61 Å². The minimum Gasteiger partial charge on any atom is -0.487 e. The molecule has 0 unspecified atom stereocenters. The average molecular weight is 281 g/mol. The molecule has 0 fully saturated rings. The van der Waals surface area contributed by atoms with Gasteiger partial charge in [0, 0.05) is 17.6 Å². The Morgan fingerprint density at radius 1 is 1.10 bits per heavy atom. The number of nitrogen functional groups attached to an aromatic ring is 1. The van der Waals surface area contributed by atoms with E-state index in [0.29, 0.717) is 18.2 Å². The maximum atomic E-state index is 5.92. The molecule has 3 rings (SSSR count). The van der Waals surface area contributed by atoms with Crippen LogP contribution in [0.3, 0.4) is 0 Å². The first-order chi connectivity index (χ1) is 10.3. The standard InChI is InChI=1S/C16H15N3O2/c1-20-15-6-2-4-11(19-15)10-21-14-8-7-13(17)16-12(14)5-3-9-18-16/h2-9H,10,17H2,1H3. The molecule has 0 atom stereocenters. The van der Waals surface area contributed by atoms with Crippen molar-refractivity contribution >= 4 is 16.6 Å². The smallest absolute Gasteiger partial charge is 0.213 e. The highest BCUT2D eigenvalue weighted by atomic mass is 16.5. The van der Waals surface area contributed by atoms with Crippen LogP contribution in [0.15, 0.2) is 48.7 Å². The molecule has 2 heterocycles. The van der Waals surface area contributed by atoms with Crippen LogP contribution >= 0.6 is 0 Å². The van der Waals surface area contributed by atoms with Crippen molar-refractivity contribution in [1.82, 2.24) is 9.97 Å². The van der Waals surface area contributed by atoms with Crippen molar-refractivity contribution in [3.05, 3.63) is 54.4 Å². The molecule has 0 amide bonds. The Morgan fingerprint density at radius 3 is 2.86 bits per heavy atom. The Kier molecular flexibility index (Phi) is 3.55. The van der Waals surface area contributed by atoms with E-state index in [9.17, 15) is 0 Å². The molecule has 2 aromatic heterocycles.